The van der Waals surface area contributed by atoms with Crippen molar-refractivity contribution < 1.29 is 9.59 Å². The fourth-order valence-corrected chi connectivity index (χ4v) is 3.54. The summed E-state index contributed by atoms with van der Waals surface area (Å²) >= 11 is 6.13. The summed E-state index contributed by atoms with van der Waals surface area (Å²) in [5.41, 5.74) is 2.61. The van der Waals surface area contributed by atoms with E-state index in [2.05, 4.69) is 10.3 Å². The Labute approximate surface area is 162 Å². The monoisotopic (exact) mass is 382 g/mol. The molecule has 7 heteroatoms. The minimum absolute atomic E-state index is 0.0508. The molecule has 0 aliphatic carbocycles. The molecule has 2 aliphatic heterocycles. The molecule has 0 saturated heterocycles. The zero-order valence-corrected chi connectivity index (χ0v) is 15.4. The minimum atomic E-state index is -0.237. The molecule has 0 fully saturated rings. The number of amidine groups is 1. The lowest BCUT2D eigenvalue weighted by molar-refractivity contribution is -0.119. The van der Waals surface area contributed by atoms with Crippen LogP contribution in [0, 0.1) is 0 Å². The van der Waals surface area contributed by atoms with Crippen LogP contribution in [0.25, 0.3) is 0 Å². The lowest BCUT2D eigenvalue weighted by Gasteiger charge is -2.35. The summed E-state index contributed by atoms with van der Waals surface area (Å²) in [5, 5.41) is 3.41. The number of anilines is 1. The van der Waals surface area contributed by atoms with Crippen molar-refractivity contribution in [3.63, 3.8) is 0 Å². The number of amides is 3. The number of hydrogen-bond acceptors (Lipinski definition) is 3. The number of aliphatic imine (C=N–C) groups is 1. The maximum absolute atomic E-state index is 12.9. The lowest BCUT2D eigenvalue weighted by Crippen LogP contribution is -2.52. The van der Waals surface area contributed by atoms with Gasteiger partial charge in [-0.2, -0.15) is 0 Å². The Morgan fingerprint density at radius 3 is 2.81 bits per heavy atom. The number of nitrogens with zero attached hydrogens (tertiary/aromatic N) is 3. The van der Waals surface area contributed by atoms with Crippen molar-refractivity contribution >= 4 is 35.1 Å². The van der Waals surface area contributed by atoms with E-state index >= 15 is 0 Å². The molecular formula is C20H19ClN4O2. The fourth-order valence-electron chi connectivity index (χ4n) is 3.37. The van der Waals surface area contributed by atoms with E-state index in [-0.39, 0.29) is 18.5 Å². The number of halogens is 1. The van der Waals surface area contributed by atoms with Crippen molar-refractivity contribution in [3.05, 3.63) is 64.7 Å². The molecule has 0 saturated carbocycles. The molecule has 2 aliphatic rings. The van der Waals surface area contributed by atoms with Crippen molar-refractivity contribution in [1.82, 2.24) is 10.2 Å². The summed E-state index contributed by atoms with van der Waals surface area (Å²) in [4.78, 5) is 32.8. The number of carbonyl (C=O) groups is 2. The maximum atomic E-state index is 12.9. The van der Waals surface area contributed by atoms with Crippen LogP contribution in [0.5, 0.6) is 0 Å². The van der Waals surface area contributed by atoms with Gasteiger partial charge in [0, 0.05) is 23.7 Å². The first-order valence-corrected chi connectivity index (χ1v) is 9.25. The predicted octanol–water partition coefficient (Wildman–Crippen LogP) is 2.70. The number of benzene rings is 2. The van der Waals surface area contributed by atoms with Gasteiger partial charge in [0.25, 0.3) is 0 Å². The van der Waals surface area contributed by atoms with Crippen LogP contribution in [-0.2, 0) is 11.2 Å². The number of hydrogen-bond donors (Lipinski definition) is 1. The molecule has 27 heavy (non-hydrogen) atoms. The van der Waals surface area contributed by atoms with Crippen molar-refractivity contribution in [3.8, 4) is 0 Å². The molecule has 4 rings (SSSR count). The van der Waals surface area contributed by atoms with Crippen LogP contribution in [-0.4, -0.2) is 48.9 Å². The van der Waals surface area contributed by atoms with Gasteiger partial charge < -0.3 is 5.32 Å². The van der Waals surface area contributed by atoms with E-state index in [1.54, 1.807) is 17.0 Å². The van der Waals surface area contributed by atoms with Crippen molar-refractivity contribution in [1.29, 1.82) is 0 Å². The van der Waals surface area contributed by atoms with Crippen LogP contribution in [0.1, 0.15) is 11.1 Å². The molecule has 0 atom stereocenters. The average Bonchev–Trinajstić information content (AvgIpc) is 3.16. The van der Waals surface area contributed by atoms with Gasteiger partial charge in [0.2, 0.25) is 5.91 Å². The first-order chi connectivity index (χ1) is 13.1. The molecular weight excluding hydrogens is 364 g/mol. The van der Waals surface area contributed by atoms with Gasteiger partial charge in [0.15, 0.2) is 0 Å². The van der Waals surface area contributed by atoms with Crippen LogP contribution in [0.3, 0.4) is 0 Å². The van der Waals surface area contributed by atoms with Crippen LogP contribution in [0.2, 0.25) is 5.02 Å². The van der Waals surface area contributed by atoms with Crippen molar-refractivity contribution in [2.24, 2.45) is 4.99 Å². The fraction of sp³-hybridized carbons (Fsp3) is 0.250. The minimum Gasteiger partial charge on any atom is -0.354 e. The Bertz CT molecular complexity index is 913. The predicted molar refractivity (Wildman–Crippen MR) is 105 cm³/mol. The number of fused-ring (bicyclic) bond motifs is 3. The smallest absolute Gasteiger partial charge is 0.330 e. The summed E-state index contributed by atoms with van der Waals surface area (Å²) in [6, 6.07) is 15.0. The normalized spacial score (nSPS) is 15.3. The second-order valence-electron chi connectivity index (χ2n) is 6.47. The molecule has 2 aromatic carbocycles. The highest BCUT2D eigenvalue weighted by Gasteiger charge is 2.37. The second-order valence-corrected chi connectivity index (χ2v) is 6.91. The molecule has 0 spiro atoms. The molecule has 0 aromatic heterocycles. The zero-order valence-electron chi connectivity index (χ0n) is 14.7. The molecule has 0 radical (unpaired) electrons. The largest absolute Gasteiger partial charge is 0.354 e. The standard InChI is InChI=1S/C20H19ClN4O2/c21-15-6-7-16-17(12-15)25(20(27)24-11-10-23-19(16)24)13-18(26)22-9-8-14-4-2-1-3-5-14/h1-7,12H,8-11,13H2,(H,22,26). The van der Waals surface area contributed by atoms with Gasteiger partial charge in [-0.05, 0) is 30.2 Å². The van der Waals surface area contributed by atoms with Gasteiger partial charge in [0.1, 0.15) is 12.4 Å². The van der Waals surface area contributed by atoms with E-state index in [0.717, 1.165) is 17.5 Å². The van der Waals surface area contributed by atoms with Crippen LogP contribution in [0.15, 0.2) is 53.5 Å². The molecule has 0 bridgehead atoms. The first-order valence-electron chi connectivity index (χ1n) is 8.87. The van der Waals surface area contributed by atoms with Crippen molar-refractivity contribution in [2.75, 3.05) is 31.1 Å². The molecule has 2 aromatic rings. The summed E-state index contributed by atoms with van der Waals surface area (Å²) in [6.45, 7) is 1.57. The van der Waals surface area contributed by atoms with Crippen molar-refractivity contribution in [2.45, 2.75) is 6.42 Å². The van der Waals surface area contributed by atoms with E-state index in [9.17, 15) is 9.59 Å². The number of nitrogens with one attached hydrogen (secondary N) is 1. The quantitative estimate of drug-likeness (QED) is 0.864. The summed E-state index contributed by atoms with van der Waals surface area (Å²) < 4.78 is 0. The Balaban J connectivity index is 1.47. The highest BCUT2D eigenvalue weighted by atomic mass is 35.5. The number of urea groups is 1. The van der Waals surface area contributed by atoms with Gasteiger partial charge in [0.05, 0.1) is 12.2 Å². The van der Waals surface area contributed by atoms with Gasteiger partial charge >= 0.3 is 6.03 Å². The number of rotatable bonds is 5. The van der Waals surface area contributed by atoms with Gasteiger partial charge in [-0.15, -0.1) is 0 Å². The first kappa shape index (κ1) is 17.5. The number of carbonyl (C=O) groups excluding carboxylic acids is 2. The highest BCUT2D eigenvalue weighted by Crippen LogP contribution is 2.32. The Kier molecular flexibility index (Phi) is 4.81. The molecule has 0 unspecified atom stereocenters. The van der Waals surface area contributed by atoms with E-state index < -0.39 is 0 Å². The molecule has 6 nitrogen and oxygen atoms in total. The van der Waals surface area contributed by atoms with E-state index in [1.807, 2.05) is 36.4 Å². The molecule has 138 valence electrons. The van der Waals surface area contributed by atoms with Crippen LogP contribution < -0.4 is 10.2 Å². The third-order valence-corrected chi connectivity index (χ3v) is 4.91. The molecule has 1 N–H and O–H groups in total. The van der Waals surface area contributed by atoms with E-state index in [0.29, 0.717) is 36.2 Å². The third kappa shape index (κ3) is 3.53. The average molecular weight is 383 g/mol. The maximum Gasteiger partial charge on any atom is 0.330 e. The summed E-state index contributed by atoms with van der Waals surface area (Å²) in [6.07, 6.45) is 0.742. The van der Waals surface area contributed by atoms with Gasteiger partial charge in [-0.25, -0.2) is 4.79 Å². The Morgan fingerprint density at radius 1 is 1.19 bits per heavy atom. The van der Waals surface area contributed by atoms with E-state index in [4.69, 9.17) is 11.6 Å². The van der Waals surface area contributed by atoms with Crippen LogP contribution >= 0.6 is 11.6 Å². The Morgan fingerprint density at radius 2 is 2.00 bits per heavy atom. The summed E-state index contributed by atoms with van der Waals surface area (Å²) in [7, 11) is 0. The topological polar surface area (TPSA) is 65.0 Å². The third-order valence-electron chi connectivity index (χ3n) is 4.67. The van der Waals surface area contributed by atoms with E-state index in [1.165, 1.54) is 4.90 Å². The summed E-state index contributed by atoms with van der Waals surface area (Å²) in [5.74, 6) is 0.456. The zero-order chi connectivity index (χ0) is 18.8. The van der Waals surface area contributed by atoms with Crippen LogP contribution in [0.4, 0.5) is 10.5 Å². The van der Waals surface area contributed by atoms with Gasteiger partial charge in [-0.1, -0.05) is 41.9 Å². The lowest BCUT2D eigenvalue weighted by atomic mass is 10.1. The highest BCUT2D eigenvalue weighted by molar-refractivity contribution is 6.31. The molecule has 3 amide bonds. The Hall–Kier alpha value is -2.86. The van der Waals surface area contributed by atoms with Gasteiger partial charge in [-0.3, -0.25) is 19.6 Å². The molecule has 2 heterocycles. The SMILES string of the molecule is O=C(CN1C(=O)N2CCN=C2c2ccc(Cl)cc21)NCCc1ccccc1. The second kappa shape index (κ2) is 7.40.